The third-order valence-corrected chi connectivity index (χ3v) is 7.31. The largest absolute Gasteiger partial charge is 0.462 e. The van der Waals surface area contributed by atoms with Gasteiger partial charge in [0.1, 0.15) is 6.61 Å². The fraction of sp³-hybridized carbons (Fsp3) is 0.941. The summed E-state index contributed by atoms with van der Waals surface area (Å²) in [6.07, 6.45) is 27.9. The average Bonchev–Trinajstić information content (AvgIpc) is 2.91. The summed E-state index contributed by atoms with van der Waals surface area (Å²) in [6.45, 7) is 8.74. The monoisotopic (exact) mass is 554 g/mol. The molecule has 0 rings (SSSR count). The van der Waals surface area contributed by atoms with Gasteiger partial charge < -0.3 is 14.2 Å². The molecule has 0 saturated heterocycles. The Hall–Kier alpha value is -1.10. The van der Waals surface area contributed by atoms with Gasteiger partial charge in [-0.1, -0.05) is 142 Å². The van der Waals surface area contributed by atoms with Crippen LogP contribution in [0.3, 0.4) is 0 Å². The summed E-state index contributed by atoms with van der Waals surface area (Å²) >= 11 is 0. The maximum atomic E-state index is 12.4. The third-order valence-electron chi connectivity index (χ3n) is 7.31. The van der Waals surface area contributed by atoms with Gasteiger partial charge in [0.25, 0.3) is 0 Å². The average molecular weight is 555 g/mol. The van der Waals surface area contributed by atoms with Gasteiger partial charge in [0, 0.05) is 12.8 Å². The molecule has 0 aliphatic heterocycles. The molecule has 0 spiro atoms. The molecule has 232 valence electrons. The van der Waals surface area contributed by atoms with E-state index in [4.69, 9.17) is 14.2 Å². The number of rotatable bonds is 30. The number of esters is 2. The first-order valence-electron chi connectivity index (χ1n) is 17.0. The lowest BCUT2D eigenvalue weighted by Gasteiger charge is -2.19. The highest BCUT2D eigenvalue weighted by Gasteiger charge is 2.18. The van der Waals surface area contributed by atoms with Crippen molar-refractivity contribution in [2.24, 2.45) is 0 Å². The Bertz CT molecular complexity index is 534. The maximum Gasteiger partial charge on any atom is 0.306 e. The first kappa shape index (κ1) is 37.9. The molecule has 0 aromatic rings. The smallest absolute Gasteiger partial charge is 0.306 e. The van der Waals surface area contributed by atoms with Crippen LogP contribution < -0.4 is 0 Å². The molecule has 0 N–H and O–H groups in total. The van der Waals surface area contributed by atoms with Gasteiger partial charge in [-0.25, -0.2) is 0 Å². The van der Waals surface area contributed by atoms with Crippen molar-refractivity contribution >= 4 is 11.9 Å². The fourth-order valence-electron chi connectivity index (χ4n) is 4.79. The summed E-state index contributed by atoms with van der Waals surface area (Å²) in [6, 6.07) is 0. The molecule has 0 aromatic heterocycles. The molecule has 5 nitrogen and oxygen atoms in total. The Balaban J connectivity index is 3.89. The van der Waals surface area contributed by atoms with Crippen LogP contribution in [-0.4, -0.2) is 37.4 Å². The number of carbonyl (C=O) groups is 2. The normalized spacial score (nSPS) is 12.1. The van der Waals surface area contributed by atoms with Crippen LogP contribution in [0.2, 0.25) is 0 Å². The topological polar surface area (TPSA) is 61.8 Å². The van der Waals surface area contributed by atoms with Crippen LogP contribution in [0.15, 0.2) is 0 Å². The molecule has 0 heterocycles. The predicted molar refractivity (Wildman–Crippen MR) is 164 cm³/mol. The molecule has 0 fully saturated rings. The summed E-state index contributed by atoms with van der Waals surface area (Å²) in [5.74, 6) is -0.424. The summed E-state index contributed by atoms with van der Waals surface area (Å²) in [7, 11) is 0. The van der Waals surface area contributed by atoms with E-state index in [9.17, 15) is 9.59 Å². The highest BCUT2D eigenvalue weighted by atomic mass is 16.6. The van der Waals surface area contributed by atoms with E-state index in [2.05, 4.69) is 13.8 Å². The molecule has 0 saturated carbocycles. The van der Waals surface area contributed by atoms with E-state index >= 15 is 0 Å². The van der Waals surface area contributed by atoms with Crippen LogP contribution >= 0.6 is 0 Å². The SMILES string of the molecule is CCCCCCCCCCCCCC(=O)OCC(COC(C)C)OC(=O)CCCCCCCCCCCCC. The summed E-state index contributed by atoms with van der Waals surface area (Å²) < 4.78 is 16.7. The molecule has 0 aromatic carbocycles. The number of hydrogen-bond acceptors (Lipinski definition) is 5. The molecule has 0 radical (unpaired) electrons. The first-order chi connectivity index (χ1) is 19.0. The Kier molecular flexibility index (Phi) is 29.0. The minimum Gasteiger partial charge on any atom is -0.462 e. The van der Waals surface area contributed by atoms with E-state index in [1.807, 2.05) is 13.8 Å². The highest BCUT2D eigenvalue weighted by Crippen LogP contribution is 2.14. The minimum absolute atomic E-state index is 0.0323. The van der Waals surface area contributed by atoms with Crippen molar-refractivity contribution in [2.45, 2.75) is 194 Å². The van der Waals surface area contributed by atoms with Crippen LogP contribution in [0.1, 0.15) is 182 Å². The van der Waals surface area contributed by atoms with Crippen molar-refractivity contribution in [2.75, 3.05) is 13.2 Å². The molecule has 0 aliphatic rings. The van der Waals surface area contributed by atoms with E-state index in [1.54, 1.807) is 0 Å². The van der Waals surface area contributed by atoms with Gasteiger partial charge in [0.15, 0.2) is 6.10 Å². The molecule has 0 bridgehead atoms. The Morgan fingerprint density at radius 2 is 0.846 bits per heavy atom. The van der Waals surface area contributed by atoms with Crippen LogP contribution in [0, 0.1) is 0 Å². The van der Waals surface area contributed by atoms with E-state index in [-0.39, 0.29) is 31.3 Å². The van der Waals surface area contributed by atoms with Gasteiger partial charge in [-0.15, -0.1) is 0 Å². The Morgan fingerprint density at radius 1 is 0.487 bits per heavy atom. The molecule has 1 atom stereocenters. The van der Waals surface area contributed by atoms with Gasteiger partial charge in [0.2, 0.25) is 0 Å². The second-order valence-corrected chi connectivity index (χ2v) is 11.7. The lowest BCUT2D eigenvalue weighted by Crippen LogP contribution is -2.30. The number of ether oxygens (including phenoxy) is 3. The molecule has 0 aliphatic carbocycles. The summed E-state index contributed by atoms with van der Waals surface area (Å²) in [5, 5.41) is 0. The standard InChI is InChI=1S/C34H66O5/c1-5-7-9-11-13-15-17-19-21-23-25-27-33(35)38-30-32(29-37-31(3)4)39-34(36)28-26-24-22-20-18-16-14-12-10-8-6-2/h31-32H,5-30H2,1-4H3. The van der Waals surface area contributed by atoms with Gasteiger partial charge >= 0.3 is 11.9 Å². The van der Waals surface area contributed by atoms with Crippen molar-refractivity contribution in [3.63, 3.8) is 0 Å². The lowest BCUT2D eigenvalue weighted by atomic mass is 10.1. The summed E-state index contributed by atoms with van der Waals surface area (Å²) in [4.78, 5) is 24.6. The number of unbranched alkanes of at least 4 members (excludes halogenated alkanes) is 20. The second kappa shape index (κ2) is 29.9. The Morgan fingerprint density at radius 3 is 1.23 bits per heavy atom. The van der Waals surface area contributed by atoms with Crippen LogP contribution in [0.5, 0.6) is 0 Å². The maximum absolute atomic E-state index is 12.4. The van der Waals surface area contributed by atoms with E-state index in [0.717, 1.165) is 25.7 Å². The zero-order chi connectivity index (χ0) is 28.8. The second-order valence-electron chi connectivity index (χ2n) is 11.7. The zero-order valence-corrected chi connectivity index (χ0v) is 26.6. The molecular formula is C34H66O5. The van der Waals surface area contributed by atoms with Crippen molar-refractivity contribution in [1.82, 2.24) is 0 Å². The summed E-state index contributed by atoms with van der Waals surface area (Å²) in [5.41, 5.74) is 0. The van der Waals surface area contributed by atoms with E-state index in [1.165, 1.54) is 116 Å². The molecule has 1 unspecified atom stereocenters. The molecule has 39 heavy (non-hydrogen) atoms. The van der Waals surface area contributed by atoms with Gasteiger partial charge in [-0.05, 0) is 26.7 Å². The van der Waals surface area contributed by atoms with Crippen LogP contribution in [0.25, 0.3) is 0 Å². The minimum atomic E-state index is -0.533. The number of carbonyl (C=O) groups excluding carboxylic acids is 2. The lowest BCUT2D eigenvalue weighted by molar-refractivity contribution is -0.163. The van der Waals surface area contributed by atoms with E-state index in [0.29, 0.717) is 12.8 Å². The predicted octanol–water partition coefficient (Wildman–Crippen LogP) is 10.3. The van der Waals surface area contributed by atoms with Gasteiger partial charge in [-0.3, -0.25) is 9.59 Å². The van der Waals surface area contributed by atoms with Crippen molar-refractivity contribution < 1.29 is 23.8 Å². The number of hydrogen-bond donors (Lipinski definition) is 0. The van der Waals surface area contributed by atoms with Crippen LogP contribution in [-0.2, 0) is 23.8 Å². The first-order valence-corrected chi connectivity index (χ1v) is 17.0. The van der Waals surface area contributed by atoms with Crippen molar-refractivity contribution in [3.8, 4) is 0 Å². The van der Waals surface area contributed by atoms with Crippen molar-refractivity contribution in [3.05, 3.63) is 0 Å². The highest BCUT2D eigenvalue weighted by molar-refractivity contribution is 5.70. The quantitative estimate of drug-likeness (QED) is 0.0653. The van der Waals surface area contributed by atoms with Crippen molar-refractivity contribution in [1.29, 1.82) is 0 Å². The molecule has 0 amide bonds. The van der Waals surface area contributed by atoms with Crippen LogP contribution in [0.4, 0.5) is 0 Å². The zero-order valence-electron chi connectivity index (χ0n) is 26.6. The molecular weight excluding hydrogens is 488 g/mol. The van der Waals surface area contributed by atoms with E-state index < -0.39 is 6.10 Å². The van der Waals surface area contributed by atoms with Gasteiger partial charge in [-0.2, -0.15) is 0 Å². The third kappa shape index (κ3) is 29.7. The molecule has 5 heteroatoms. The van der Waals surface area contributed by atoms with Gasteiger partial charge in [0.05, 0.1) is 12.7 Å². The Labute approximate surface area is 242 Å². The fourth-order valence-corrected chi connectivity index (χ4v) is 4.79.